The molecule has 1 saturated heterocycles. The highest BCUT2D eigenvalue weighted by Crippen LogP contribution is 2.44. The molecule has 1 fully saturated rings. The highest BCUT2D eigenvalue weighted by Gasteiger charge is 2.41. The zero-order valence-corrected chi connectivity index (χ0v) is 18.5. The monoisotopic (exact) mass is 444 g/mol. The molecule has 4 heterocycles. The molecule has 0 atom stereocenters. The van der Waals surface area contributed by atoms with Gasteiger partial charge in [-0.25, -0.2) is 4.98 Å². The molecular weight excluding hydrogens is 420 g/mol. The van der Waals surface area contributed by atoms with Crippen molar-refractivity contribution in [2.24, 2.45) is 0 Å². The van der Waals surface area contributed by atoms with Crippen LogP contribution < -0.4 is 5.32 Å². The van der Waals surface area contributed by atoms with Gasteiger partial charge in [-0.1, -0.05) is 12.1 Å². The van der Waals surface area contributed by atoms with Crippen molar-refractivity contribution in [3.8, 4) is 0 Å². The summed E-state index contributed by atoms with van der Waals surface area (Å²) in [5, 5.41) is 3.41. The van der Waals surface area contributed by atoms with Gasteiger partial charge in [0.25, 0.3) is 5.91 Å². The minimum Gasteiger partial charge on any atom is -0.369 e. The number of aromatic nitrogens is 2. The Morgan fingerprint density at radius 3 is 2.83 bits per heavy atom. The Morgan fingerprint density at radius 2 is 2.03 bits per heavy atom. The second-order valence-corrected chi connectivity index (χ2v) is 8.87. The number of carbonyl (C=O) groups excluding carboxylic acids is 1. The van der Waals surface area contributed by atoms with E-state index in [-0.39, 0.29) is 23.9 Å². The molecule has 1 N–H and O–H groups in total. The SMILES string of the molecule is CN(Cc1cnc2ccccc2n1)C(=O)c1cc2c(s1)C1(CCNCC1)OCC2.Cl. The number of piperidine rings is 1. The van der Waals surface area contributed by atoms with Gasteiger partial charge in [-0.3, -0.25) is 9.78 Å². The lowest BCUT2D eigenvalue weighted by molar-refractivity contribution is -0.0771. The largest absolute Gasteiger partial charge is 0.369 e. The molecule has 8 heteroatoms. The first-order valence-corrected chi connectivity index (χ1v) is 10.9. The summed E-state index contributed by atoms with van der Waals surface area (Å²) in [6.45, 7) is 3.09. The molecule has 30 heavy (non-hydrogen) atoms. The number of rotatable bonds is 3. The molecular formula is C22H25ClN4O2S. The fraction of sp³-hybridized carbons (Fsp3) is 0.409. The van der Waals surface area contributed by atoms with Crippen LogP contribution in [0.3, 0.4) is 0 Å². The molecule has 1 spiro atoms. The summed E-state index contributed by atoms with van der Waals surface area (Å²) in [4.78, 5) is 26.0. The normalized spacial score (nSPS) is 17.4. The summed E-state index contributed by atoms with van der Waals surface area (Å²) in [7, 11) is 1.83. The van der Waals surface area contributed by atoms with E-state index in [4.69, 9.17) is 4.74 Å². The topological polar surface area (TPSA) is 67.4 Å². The highest BCUT2D eigenvalue weighted by molar-refractivity contribution is 7.14. The van der Waals surface area contributed by atoms with Gasteiger partial charge in [0.1, 0.15) is 5.60 Å². The van der Waals surface area contributed by atoms with Crippen LogP contribution in [0.4, 0.5) is 0 Å². The Kier molecular flexibility index (Phi) is 6.06. The van der Waals surface area contributed by atoms with Crippen LogP contribution in [0.25, 0.3) is 11.0 Å². The van der Waals surface area contributed by atoms with Gasteiger partial charge in [-0.2, -0.15) is 0 Å². The average molecular weight is 445 g/mol. The number of fused-ring (bicyclic) bond motifs is 3. The van der Waals surface area contributed by atoms with E-state index in [1.807, 2.05) is 31.3 Å². The Labute approximate surface area is 186 Å². The standard InChI is InChI=1S/C22H24N4O2S.ClH/c1-26(14-16-13-24-17-4-2-3-5-18(17)25-16)21(27)19-12-15-6-11-28-22(20(15)29-19)7-9-23-10-8-22;/h2-5,12-13,23H,6-11,14H2,1H3;1H. The predicted octanol–water partition coefficient (Wildman–Crippen LogP) is 3.54. The van der Waals surface area contributed by atoms with E-state index in [1.54, 1.807) is 22.4 Å². The zero-order valence-electron chi connectivity index (χ0n) is 16.9. The Hall–Kier alpha value is -2.06. The fourth-order valence-corrected chi connectivity index (χ4v) is 5.71. The summed E-state index contributed by atoms with van der Waals surface area (Å²) in [5.41, 5.74) is 3.58. The van der Waals surface area contributed by atoms with Crippen LogP contribution in [-0.4, -0.2) is 47.5 Å². The number of hydrogen-bond acceptors (Lipinski definition) is 6. The van der Waals surface area contributed by atoms with Crippen molar-refractivity contribution in [2.75, 3.05) is 26.7 Å². The molecule has 5 rings (SSSR count). The molecule has 0 radical (unpaired) electrons. The quantitative estimate of drug-likeness (QED) is 0.669. The van der Waals surface area contributed by atoms with Crippen molar-refractivity contribution in [1.82, 2.24) is 20.2 Å². The fourth-order valence-electron chi connectivity index (χ4n) is 4.30. The van der Waals surface area contributed by atoms with Crippen molar-refractivity contribution in [2.45, 2.75) is 31.4 Å². The minimum absolute atomic E-state index is 0. The smallest absolute Gasteiger partial charge is 0.264 e. The van der Waals surface area contributed by atoms with Crippen LogP contribution in [-0.2, 0) is 23.3 Å². The van der Waals surface area contributed by atoms with Crippen LogP contribution in [0.15, 0.2) is 36.5 Å². The Balaban J connectivity index is 0.00000218. The van der Waals surface area contributed by atoms with E-state index in [2.05, 4.69) is 21.4 Å². The summed E-state index contributed by atoms with van der Waals surface area (Å²) in [6.07, 6.45) is 4.57. The first-order valence-electron chi connectivity index (χ1n) is 10.1. The first-order chi connectivity index (χ1) is 14.1. The minimum atomic E-state index is -0.204. The van der Waals surface area contributed by atoms with Gasteiger partial charge in [-0.15, -0.1) is 23.7 Å². The van der Waals surface area contributed by atoms with E-state index >= 15 is 0 Å². The zero-order chi connectivity index (χ0) is 19.8. The number of benzene rings is 1. The number of ether oxygens (including phenoxy) is 1. The van der Waals surface area contributed by atoms with Crippen molar-refractivity contribution in [1.29, 1.82) is 0 Å². The highest BCUT2D eigenvalue weighted by atomic mass is 35.5. The maximum atomic E-state index is 13.1. The maximum Gasteiger partial charge on any atom is 0.264 e. The number of thiophene rings is 1. The molecule has 158 valence electrons. The number of nitrogens with zero attached hydrogens (tertiary/aromatic N) is 3. The van der Waals surface area contributed by atoms with Gasteiger partial charge in [-0.05, 0) is 56.1 Å². The average Bonchev–Trinajstić information content (AvgIpc) is 3.20. The van der Waals surface area contributed by atoms with Crippen molar-refractivity contribution in [3.05, 3.63) is 57.5 Å². The molecule has 2 aliphatic heterocycles. The first kappa shape index (κ1) is 21.2. The second-order valence-electron chi connectivity index (χ2n) is 7.82. The van der Waals surface area contributed by atoms with Crippen LogP contribution in [0.5, 0.6) is 0 Å². The third-order valence-electron chi connectivity index (χ3n) is 5.84. The van der Waals surface area contributed by atoms with Crippen LogP contribution in [0, 0.1) is 0 Å². The lowest BCUT2D eigenvalue weighted by Gasteiger charge is -2.40. The van der Waals surface area contributed by atoms with Crippen molar-refractivity contribution >= 4 is 40.7 Å². The molecule has 0 aliphatic carbocycles. The number of halogens is 1. The lowest BCUT2D eigenvalue weighted by atomic mass is 9.86. The van der Waals surface area contributed by atoms with Gasteiger partial charge in [0.15, 0.2) is 0 Å². The molecule has 1 amide bonds. The van der Waals surface area contributed by atoms with Gasteiger partial charge in [0, 0.05) is 11.9 Å². The number of para-hydroxylation sites is 2. The summed E-state index contributed by atoms with van der Waals surface area (Å²) >= 11 is 1.61. The second kappa shape index (κ2) is 8.59. The lowest BCUT2D eigenvalue weighted by Crippen LogP contribution is -2.43. The Morgan fingerprint density at radius 1 is 1.27 bits per heavy atom. The van der Waals surface area contributed by atoms with Crippen molar-refractivity contribution < 1.29 is 9.53 Å². The maximum absolute atomic E-state index is 13.1. The van der Waals surface area contributed by atoms with Crippen LogP contribution in [0.1, 0.15) is 38.6 Å². The van der Waals surface area contributed by atoms with E-state index < -0.39 is 0 Å². The number of carbonyl (C=O) groups is 1. The molecule has 3 aromatic rings. The van der Waals surface area contributed by atoms with Gasteiger partial charge < -0.3 is 15.0 Å². The number of hydrogen-bond donors (Lipinski definition) is 1. The third-order valence-corrected chi connectivity index (χ3v) is 7.19. The number of amides is 1. The van der Waals surface area contributed by atoms with Gasteiger partial charge in [0.05, 0.1) is 41.0 Å². The summed E-state index contributed by atoms with van der Waals surface area (Å²) in [6, 6.07) is 9.86. The molecule has 6 nitrogen and oxygen atoms in total. The molecule has 2 aromatic heterocycles. The molecule has 1 aromatic carbocycles. The van der Waals surface area contributed by atoms with Crippen molar-refractivity contribution in [3.63, 3.8) is 0 Å². The molecule has 2 aliphatic rings. The predicted molar refractivity (Wildman–Crippen MR) is 120 cm³/mol. The third kappa shape index (κ3) is 3.83. The molecule has 0 bridgehead atoms. The molecule has 0 unspecified atom stereocenters. The van der Waals surface area contributed by atoms with E-state index in [1.165, 1.54) is 10.4 Å². The number of nitrogens with one attached hydrogen (secondary N) is 1. The van der Waals surface area contributed by atoms with E-state index in [0.29, 0.717) is 6.54 Å². The molecule has 0 saturated carbocycles. The van der Waals surface area contributed by atoms with E-state index in [0.717, 1.165) is 60.6 Å². The summed E-state index contributed by atoms with van der Waals surface area (Å²) in [5.74, 6) is 0.0310. The Bertz CT molecular complexity index is 1060. The van der Waals surface area contributed by atoms with E-state index in [9.17, 15) is 4.79 Å². The van der Waals surface area contributed by atoms with Crippen LogP contribution in [0.2, 0.25) is 0 Å². The summed E-state index contributed by atoms with van der Waals surface area (Å²) < 4.78 is 6.25. The van der Waals surface area contributed by atoms with Gasteiger partial charge >= 0.3 is 0 Å². The van der Waals surface area contributed by atoms with Gasteiger partial charge in [0.2, 0.25) is 0 Å². The van der Waals surface area contributed by atoms with Crippen LogP contribution >= 0.6 is 23.7 Å².